The van der Waals surface area contributed by atoms with Gasteiger partial charge in [0.15, 0.2) is 0 Å². The summed E-state index contributed by atoms with van der Waals surface area (Å²) in [6.07, 6.45) is 1.19. The highest BCUT2D eigenvalue weighted by Crippen LogP contribution is 2.35. The molecule has 1 aliphatic rings. The summed E-state index contributed by atoms with van der Waals surface area (Å²) in [6.45, 7) is 2.78. The summed E-state index contributed by atoms with van der Waals surface area (Å²) in [6, 6.07) is 12.3. The van der Waals surface area contributed by atoms with E-state index in [0.29, 0.717) is 6.54 Å². The average molecular weight is 348 g/mol. The molecule has 0 radical (unpaired) electrons. The van der Waals surface area contributed by atoms with E-state index in [-0.39, 0.29) is 6.10 Å². The van der Waals surface area contributed by atoms with E-state index in [9.17, 15) is 0 Å². The lowest BCUT2D eigenvalue weighted by Gasteiger charge is -2.13. The van der Waals surface area contributed by atoms with E-state index < -0.39 is 0 Å². The van der Waals surface area contributed by atoms with Crippen LogP contribution in [0.3, 0.4) is 0 Å². The van der Waals surface area contributed by atoms with Gasteiger partial charge in [0.1, 0.15) is 17.6 Å². The Morgan fingerprint density at radius 3 is 2.90 bits per heavy atom. The van der Waals surface area contributed by atoms with Gasteiger partial charge in [0.05, 0.1) is 7.11 Å². The Hall–Kier alpha value is -1.68. The first-order valence-corrected chi connectivity index (χ1v) is 7.81. The third-order valence-corrected chi connectivity index (χ3v) is 4.33. The molecule has 0 spiro atoms. The molecule has 1 aliphatic heterocycles. The molecule has 1 heterocycles. The maximum absolute atomic E-state index is 5.83. The van der Waals surface area contributed by atoms with E-state index in [4.69, 9.17) is 9.47 Å². The molecular formula is C17H18BrNO2. The van der Waals surface area contributed by atoms with Crippen LogP contribution in [0, 0.1) is 0 Å². The minimum absolute atomic E-state index is 0.246. The Bertz CT molecular complexity index is 657. The van der Waals surface area contributed by atoms with Crippen molar-refractivity contribution in [1.82, 2.24) is 0 Å². The number of benzene rings is 2. The van der Waals surface area contributed by atoms with Crippen molar-refractivity contribution in [1.29, 1.82) is 0 Å². The minimum atomic E-state index is 0.246. The lowest BCUT2D eigenvalue weighted by molar-refractivity contribution is 0.254. The van der Waals surface area contributed by atoms with Crippen molar-refractivity contribution >= 4 is 21.6 Å². The van der Waals surface area contributed by atoms with Crippen LogP contribution in [-0.2, 0) is 13.0 Å². The van der Waals surface area contributed by atoms with Crippen LogP contribution in [0.25, 0.3) is 0 Å². The zero-order valence-corrected chi connectivity index (χ0v) is 13.7. The second-order valence-electron chi connectivity index (χ2n) is 5.24. The Kier molecular flexibility index (Phi) is 4.06. The van der Waals surface area contributed by atoms with Gasteiger partial charge in [-0.25, -0.2) is 0 Å². The van der Waals surface area contributed by atoms with Crippen molar-refractivity contribution in [3.63, 3.8) is 0 Å². The third-order valence-electron chi connectivity index (χ3n) is 3.64. The Morgan fingerprint density at radius 1 is 1.33 bits per heavy atom. The predicted molar refractivity (Wildman–Crippen MR) is 88.3 cm³/mol. The number of halogens is 1. The van der Waals surface area contributed by atoms with E-state index in [1.165, 1.54) is 5.56 Å². The van der Waals surface area contributed by atoms with Gasteiger partial charge >= 0.3 is 0 Å². The van der Waals surface area contributed by atoms with Gasteiger partial charge in [0.2, 0.25) is 0 Å². The fourth-order valence-electron chi connectivity index (χ4n) is 2.60. The van der Waals surface area contributed by atoms with Crippen LogP contribution in [0.15, 0.2) is 40.9 Å². The number of hydrogen-bond donors (Lipinski definition) is 1. The SMILES string of the molecule is COc1cc2c(cc1CNc1ccccc1Br)OC(C)C2. The van der Waals surface area contributed by atoms with Gasteiger partial charge in [-0.2, -0.15) is 0 Å². The zero-order valence-electron chi connectivity index (χ0n) is 12.2. The smallest absolute Gasteiger partial charge is 0.124 e. The summed E-state index contributed by atoms with van der Waals surface area (Å²) in [4.78, 5) is 0. The van der Waals surface area contributed by atoms with Crippen molar-refractivity contribution in [2.24, 2.45) is 0 Å². The largest absolute Gasteiger partial charge is 0.496 e. The maximum atomic E-state index is 5.83. The third kappa shape index (κ3) is 3.00. The van der Waals surface area contributed by atoms with Gasteiger partial charge in [-0.05, 0) is 47.1 Å². The molecule has 3 nitrogen and oxygen atoms in total. The van der Waals surface area contributed by atoms with Gasteiger partial charge in [-0.3, -0.25) is 0 Å². The molecule has 0 saturated heterocycles. The molecule has 21 heavy (non-hydrogen) atoms. The van der Waals surface area contributed by atoms with Crippen LogP contribution in [0.2, 0.25) is 0 Å². The first kappa shape index (κ1) is 14.3. The van der Waals surface area contributed by atoms with Gasteiger partial charge in [-0.15, -0.1) is 0 Å². The molecule has 110 valence electrons. The van der Waals surface area contributed by atoms with Crippen LogP contribution < -0.4 is 14.8 Å². The van der Waals surface area contributed by atoms with Crippen molar-refractivity contribution in [2.75, 3.05) is 12.4 Å². The summed E-state index contributed by atoms with van der Waals surface area (Å²) < 4.78 is 12.4. The number of methoxy groups -OCH3 is 1. The number of ether oxygens (including phenoxy) is 2. The Morgan fingerprint density at radius 2 is 2.14 bits per heavy atom. The van der Waals surface area contributed by atoms with E-state index in [1.807, 2.05) is 24.3 Å². The van der Waals surface area contributed by atoms with Gasteiger partial charge < -0.3 is 14.8 Å². The molecule has 4 heteroatoms. The number of fused-ring (bicyclic) bond motifs is 1. The zero-order chi connectivity index (χ0) is 14.8. The average Bonchev–Trinajstić information content (AvgIpc) is 2.84. The van der Waals surface area contributed by atoms with E-state index in [1.54, 1.807) is 7.11 Å². The molecule has 1 atom stereocenters. The summed E-state index contributed by atoms with van der Waals surface area (Å²) >= 11 is 3.54. The topological polar surface area (TPSA) is 30.5 Å². The molecule has 0 amide bonds. The van der Waals surface area contributed by atoms with Gasteiger partial charge in [-0.1, -0.05) is 12.1 Å². The molecule has 0 aromatic heterocycles. The number of nitrogens with one attached hydrogen (secondary N) is 1. The normalized spacial score (nSPS) is 16.2. The number of para-hydroxylation sites is 1. The van der Waals surface area contributed by atoms with Crippen LogP contribution >= 0.6 is 15.9 Å². The van der Waals surface area contributed by atoms with Crippen molar-refractivity contribution in [3.8, 4) is 11.5 Å². The fourth-order valence-corrected chi connectivity index (χ4v) is 3.03. The number of hydrogen-bond acceptors (Lipinski definition) is 3. The van der Waals surface area contributed by atoms with Gasteiger partial charge in [0, 0.05) is 34.3 Å². The lowest BCUT2D eigenvalue weighted by Crippen LogP contribution is -2.05. The predicted octanol–water partition coefficient (Wildman–Crippen LogP) is 4.39. The highest BCUT2D eigenvalue weighted by Gasteiger charge is 2.21. The molecular weight excluding hydrogens is 330 g/mol. The molecule has 0 fully saturated rings. The quantitative estimate of drug-likeness (QED) is 0.889. The van der Waals surface area contributed by atoms with Crippen molar-refractivity contribution < 1.29 is 9.47 Å². The van der Waals surface area contributed by atoms with E-state index in [0.717, 1.165) is 33.6 Å². The molecule has 0 bridgehead atoms. The molecule has 1 N–H and O–H groups in total. The van der Waals surface area contributed by atoms with Gasteiger partial charge in [0.25, 0.3) is 0 Å². The van der Waals surface area contributed by atoms with E-state index in [2.05, 4.69) is 40.3 Å². The number of anilines is 1. The summed E-state index contributed by atoms with van der Waals surface area (Å²) in [7, 11) is 1.71. The van der Waals surface area contributed by atoms with Crippen LogP contribution in [0.4, 0.5) is 5.69 Å². The van der Waals surface area contributed by atoms with Crippen molar-refractivity contribution in [2.45, 2.75) is 26.0 Å². The summed E-state index contributed by atoms with van der Waals surface area (Å²) in [5.41, 5.74) is 3.39. The first-order valence-electron chi connectivity index (χ1n) is 7.02. The summed E-state index contributed by atoms with van der Waals surface area (Å²) in [5, 5.41) is 3.42. The Labute approximate surface area is 133 Å². The molecule has 2 aromatic carbocycles. The summed E-state index contributed by atoms with van der Waals surface area (Å²) in [5.74, 6) is 1.89. The first-order chi connectivity index (χ1) is 10.2. The maximum Gasteiger partial charge on any atom is 0.124 e. The highest BCUT2D eigenvalue weighted by molar-refractivity contribution is 9.10. The van der Waals surface area contributed by atoms with Crippen LogP contribution in [0.1, 0.15) is 18.1 Å². The van der Waals surface area contributed by atoms with E-state index >= 15 is 0 Å². The molecule has 0 saturated carbocycles. The number of rotatable bonds is 4. The highest BCUT2D eigenvalue weighted by atomic mass is 79.9. The molecule has 2 aromatic rings. The molecule has 0 aliphatic carbocycles. The minimum Gasteiger partial charge on any atom is -0.496 e. The fraction of sp³-hybridized carbons (Fsp3) is 0.294. The van der Waals surface area contributed by atoms with Crippen LogP contribution in [-0.4, -0.2) is 13.2 Å². The Balaban J connectivity index is 1.82. The monoisotopic (exact) mass is 347 g/mol. The lowest BCUT2D eigenvalue weighted by atomic mass is 10.1. The standard InChI is InChI=1S/C17H18BrNO2/c1-11-7-12-8-16(20-2)13(9-17(12)21-11)10-19-15-6-4-3-5-14(15)18/h3-6,8-9,11,19H,7,10H2,1-2H3. The molecule has 1 unspecified atom stereocenters. The second kappa shape index (κ2) is 5.98. The van der Waals surface area contributed by atoms with Crippen LogP contribution in [0.5, 0.6) is 11.5 Å². The second-order valence-corrected chi connectivity index (χ2v) is 6.09. The molecule has 3 rings (SSSR count). The van der Waals surface area contributed by atoms with Crippen molar-refractivity contribution in [3.05, 3.63) is 52.0 Å².